The molecule has 1 aliphatic carbocycles. The van der Waals surface area contributed by atoms with Crippen molar-refractivity contribution in [3.63, 3.8) is 0 Å². The van der Waals surface area contributed by atoms with E-state index in [0.717, 1.165) is 18.7 Å². The predicted octanol–water partition coefficient (Wildman–Crippen LogP) is 3.16. The Morgan fingerprint density at radius 2 is 2.17 bits per heavy atom. The summed E-state index contributed by atoms with van der Waals surface area (Å²) in [6.45, 7) is 4.47. The minimum absolute atomic E-state index is 0.330. The molecule has 1 atom stereocenters. The van der Waals surface area contributed by atoms with E-state index in [1.165, 1.54) is 37.8 Å². The van der Waals surface area contributed by atoms with Crippen molar-refractivity contribution in [3.05, 3.63) is 29.8 Å². The smallest absolute Gasteiger partial charge is 0.123 e. The molecule has 1 unspecified atom stereocenters. The van der Waals surface area contributed by atoms with Gasteiger partial charge in [0.05, 0.1) is 0 Å². The second kappa shape index (κ2) is 4.93. The highest BCUT2D eigenvalue weighted by Gasteiger charge is 2.34. The van der Waals surface area contributed by atoms with Crippen molar-refractivity contribution in [2.75, 3.05) is 13.1 Å². The molecule has 1 heterocycles. The van der Waals surface area contributed by atoms with E-state index >= 15 is 0 Å². The largest absolute Gasteiger partial charge is 0.488 e. The monoisotopic (exact) mass is 245 g/mol. The Labute approximate surface area is 110 Å². The van der Waals surface area contributed by atoms with Gasteiger partial charge in [0.1, 0.15) is 11.9 Å². The summed E-state index contributed by atoms with van der Waals surface area (Å²) in [7, 11) is 0. The van der Waals surface area contributed by atoms with Gasteiger partial charge < -0.3 is 10.1 Å². The molecular weight excluding hydrogens is 222 g/mol. The summed E-state index contributed by atoms with van der Waals surface area (Å²) >= 11 is 0. The Bertz CT molecular complexity index is 381. The number of nitrogens with one attached hydrogen (secondary N) is 1. The molecule has 1 aromatic rings. The van der Waals surface area contributed by atoms with E-state index in [2.05, 4.69) is 36.5 Å². The zero-order valence-corrected chi connectivity index (χ0v) is 11.2. The molecule has 0 aromatic heterocycles. The molecule has 18 heavy (non-hydrogen) atoms. The van der Waals surface area contributed by atoms with Gasteiger partial charge in [-0.3, -0.25) is 0 Å². The van der Waals surface area contributed by atoms with Crippen LogP contribution in [0.2, 0.25) is 0 Å². The maximum atomic E-state index is 5.94. The molecule has 0 amide bonds. The summed E-state index contributed by atoms with van der Waals surface area (Å²) in [4.78, 5) is 0. The Balaban J connectivity index is 1.46. The molecular formula is C16H23NO. The van der Waals surface area contributed by atoms with Crippen LogP contribution in [0.3, 0.4) is 0 Å². The highest BCUT2D eigenvalue weighted by Crippen LogP contribution is 2.43. The van der Waals surface area contributed by atoms with Crippen molar-refractivity contribution in [1.82, 2.24) is 5.32 Å². The Morgan fingerprint density at radius 1 is 1.33 bits per heavy atom. The van der Waals surface area contributed by atoms with E-state index in [-0.39, 0.29) is 0 Å². The van der Waals surface area contributed by atoms with Crippen LogP contribution in [0.5, 0.6) is 5.75 Å². The van der Waals surface area contributed by atoms with Crippen LogP contribution < -0.4 is 10.1 Å². The summed E-state index contributed by atoms with van der Waals surface area (Å²) in [6, 6.07) is 8.40. The lowest BCUT2D eigenvalue weighted by atomic mass is 9.67. The first-order valence-electron chi connectivity index (χ1n) is 7.27. The van der Waals surface area contributed by atoms with Crippen LogP contribution in [0.1, 0.15) is 38.2 Å². The number of hydrogen-bond donors (Lipinski definition) is 1. The normalized spacial score (nSPS) is 24.2. The molecule has 0 saturated heterocycles. The molecule has 1 saturated carbocycles. The van der Waals surface area contributed by atoms with Gasteiger partial charge in [-0.15, -0.1) is 0 Å². The number of fused-ring (bicyclic) bond motifs is 1. The van der Waals surface area contributed by atoms with Gasteiger partial charge in [-0.25, -0.2) is 0 Å². The van der Waals surface area contributed by atoms with Crippen LogP contribution in [-0.2, 0) is 6.42 Å². The number of ether oxygens (including phenoxy) is 1. The highest BCUT2D eigenvalue weighted by molar-refractivity contribution is 5.37. The molecule has 0 bridgehead atoms. The van der Waals surface area contributed by atoms with Crippen LogP contribution >= 0.6 is 0 Å². The lowest BCUT2D eigenvalue weighted by molar-refractivity contribution is 0.117. The average Bonchev–Trinajstić information content (AvgIpc) is 2.75. The van der Waals surface area contributed by atoms with Gasteiger partial charge >= 0.3 is 0 Å². The van der Waals surface area contributed by atoms with E-state index in [9.17, 15) is 0 Å². The first-order chi connectivity index (χ1) is 8.81. The predicted molar refractivity (Wildman–Crippen MR) is 74.0 cm³/mol. The van der Waals surface area contributed by atoms with Gasteiger partial charge in [-0.1, -0.05) is 31.5 Å². The summed E-state index contributed by atoms with van der Waals surface area (Å²) in [5, 5.41) is 3.63. The van der Waals surface area contributed by atoms with Gasteiger partial charge in [0.25, 0.3) is 0 Å². The maximum Gasteiger partial charge on any atom is 0.123 e. The minimum Gasteiger partial charge on any atom is -0.488 e. The molecule has 1 N–H and O–H groups in total. The number of benzene rings is 1. The third-order valence-electron chi connectivity index (χ3n) is 4.75. The average molecular weight is 245 g/mol. The molecule has 1 aliphatic heterocycles. The maximum absolute atomic E-state index is 5.94. The first kappa shape index (κ1) is 12.0. The second-order valence-corrected chi connectivity index (χ2v) is 5.89. The molecule has 3 rings (SSSR count). The fraction of sp³-hybridized carbons (Fsp3) is 0.625. The molecule has 2 heteroatoms. The molecule has 1 aromatic carbocycles. The van der Waals surface area contributed by atoms with Gasteiger partial charge in [0.2, 0.25) is 0 Å². The van der Waals surface area contributed by atoms with Gasteiger partial charge in [0, 0.05) is 19.5 Å². The van der Waals surface area contributed by atoms with E-state index in [1.807, 2.05) is 0 Å². The molecule has 0 spiro atoms. The van der Waals surface area contributed by atoms with Crippen LogP contribution in [0.25, 0.3) is 0 Å². The lowest BCUT2D eigenvalue weighted by Crippen LogP contribution is -2.42. The SMILES string of the molecule is CCC1(CNCC2Cc3ccccc3O2)CCC1. The van der Waals surface area contributed by atoms with Crippen LogP contribution in [0.15, 0.2) is 24.3 Å². The summed E-state index contributed by atoms with van der Waals surface area (Å²) < 4.78 is 5.94. The zero-order valence-electron chi connectivity index (χ0n) is 11.2. The van der Waals surface area contributed by atoms with E-state index in [1.54, 1.807) is 0 Å². The molecule has 98 valence electrons. The fourth-order valence-electron chi connectivity index (χ4n) is 3.20. The highest BCUT2D eigenvalue weighted by atomic mass is 16.5. The van der Waals surface area contributed by atoms with Crippen LogP contribution in [0.4, 0.5) is 0 Å². The Hall–Kier alpha value is -1.02. The van der Waals surface area contributed by atoms with Crippen molar-refractivity contribution in [1.29, 1.82) is 0 Å². The van der Waals surface area contributed by atoms with Crippen molar-refractivity contribution >= 4 is 0 Å². The van der Waals surface area contributed by atoms with Crippen molar-refractivity contribution in [3.8, 4) is 5.75 Å². The van der Waals surface area contributed by atoms with E-state index < -0.39 is 0 Å². The summed E-state index contributed by atoms with van der Waals surface area (Å²) in [5.41, 5.74) is 1.96. The van der Waals surface area contributed by atoms with E-state index in [4.69, 9.17) is 4.74 Å². The quantitative estimate of drug-likeness (QED) is 0.860. The van der Waals surface area contributed by atoms with Gasteiger partial charge in [-0.2, -0.15) is 0 Å². The molecule has 2 nitrogen and oxygen atoms in total. The number of rotatable bonds is 5. The second-order valence-electron chi connectivity index (χ2n) is 5.89. The lowest BCUT2D eigenvalue weighted by Gasteiger charge is -2.41. The van der Waals surface area contributed by atoms with Gasteiger partial charge in [-0.05, 0) is 36.3 Å². The number of para-hydroxylation sites is 1. The van der Waals surface area contributed by atoms with Gasteiger partial charge in [0.15, 0.2) is 0 Å². The Morgan fingerprint density at radius 3 is 2.83 bits per heavy atom. The number of hydrogen-bond acceptors (Lipinski definition) is 2. The molecule has 0 radical (unpaired) electrons. The molecule has 1 fully saturated rings. The van der Waals surface area contributed by atoms with Crippen molar-refractivity contribution in [2.24, 2.45) is 5.41 Å². The van der Waals surface area contributed by atoms with Crippen molar-refractivity contribution < 1.29 is 4.74 Å². The fourth-order valence-corrected chi connectivity index (χ4v) is 3.20. The standard InChI is InChI=1S/C16H23NO/c1-2-16(8-5-9-16)12-17-11-14-10-13-6-3-4-7-15(13)18-14/h3-4,6-7,14,17H,2,5,8-12H2,1H3. The summed E-state index contributed by atoms with van der Waals surface area (Å²) in [6.07, 6.45) is 6.93. The van der Waals surface area contributed by atoms with Crippen LogP contribution in [-0.4, -0.2) is 19.2 Å². The zero-order chi connectivity index (χ0) is 12.4. The third-order valence-corrected chi connectivity index (χ3v) is 4.75. The van der Waals surface area contributed by atoms with E-state index in [0.29, 0.717) is 11.5 Å². The Kier molecular flexibility index (Phi) is 3.29. The topological polar surface area (TPSA) is 21.3 Å². The van der Waals surface area contributed by atoms with Crippen LogP contribution in [0, 0.1) is 5.41 Å². The first-order valence-corrected chi connectivity index (χ1v) is 7.27. The van der Waals surface area contributed by atoms with Crippen molar-refractivity contribution in [2.45, 2.75) is 45.1 Å². The molecule has 2 aliphatic rings. The minimum atomic E-state index is 0.330. The summed E-state index contributed by atoms with van der Waals surface area (Å²) in [5.74, 6) is 1.08. The third kappa shape index (κ3) is 2.26.